The molecule has 1 rings (SSSR count). The van der Waals surface area contributed by atoms with Gasteiger partial charge in [-0.15, -0.1) is 0 Å². The van der Waals surface area contributed by atoms with Crippen molar-refractivity contribution in [2.75, 3.05) is 0 Å². The fourth-order valence-corrected chi connectivity index (χ4v) is 0.347. The molecule has 0 atom stereocenters. The van der Waals surface area contributed by atoms with Crippen LogP contribution in [0.4, 0.5) is 0 Å². The maximum Gasteiger partial charge on any atom is 0.0709 e. The lowest BCUT2D eigenvalue weighted by Gasteiger charge is -1.59. The number of hydrogen-bond acceptors (Lipinski definition) is 0. The van der Waals surface area contributed by atoms with Crippen LogP contribution in [-0.4, -0.2) is 0 Å². The van der Waals surface area contributed by atoms with Crippen molar-refractivity contribution < 1.29 is 0 Å². The molecule has 0 saturated carbocycles. The second-order valence-corrected chi connectivity index (χ2v) is 1.15. The maximum absolute atomic E-state index is 2.84. The first-order valence-corrected chi connectivity index (χ1v) is 2.12. The Labute approximate surface area is 43.2 Å². The first-order valence-electron chi connectivity index (χ1n) is 2.12. The van der Waals surface area contributed by atoms with Gasteiger partial charge in [-0.25, -0.2) is 0 Å². The Kier molecular flexibility index (Phi) is 1.21. The summed E-state index contributed by atoms with van der Waals surface area (Å²) in [6.45, 7) is 0. The lowest BCUT2D eigenvalue weighted by Crippen LogP contribution is -1.51. The predicted octanol–water partition coefficient (Wildman–Crippen LogP) is 0.953. The molecule has 1 aliphatic carbocycles. The zero-order valence-corrected chi connectivity index (χ0v) is 3.86. The molecular formula is C7H4. The van der Waals surface area contributed by atoms with E-state index in [2.05, 4.69) is 23.7 Å². The van der Waals surface area contributed by atoms with Crippen molar-refractivity contribution in [2.24, 2.45) is 0 Å². The molecule has 0 radical (unpaired) electrons. The van der Waals surface area contributed by atoms with E-state index in [0.29, 0.717) is 6.42 Å². The Balaban J connectivity index is 2.77. The van der Waals surface area contributed by atoms with Crippen molar-refractivity contribution >= 4 is 0 Å². The largest absolute Gasteiger partial charge is 0.0854 e. The average molecular weight is 88.1 g/mol. The molecule has 0 aliphatic heterocycles. The van der Waals surface area contributed by atoms with Crippen LogP contribution in [0.1, 0.15) is 6.42 Å². The second kappa shape index (κ2) is 2.11. The van der Waals surface area contributed by atoms with Crippen molar-refractivity contribution in [1.82, 2.24) is 0 Å². The zero-order valence-electron chi connectivity index (χ0n) is 3.86. The molecule has 0 aromatic heterocycles. The van der Waals surface area contributed by atoms with E-state index in [1.807, 2.05) is 0 Å². The molecule has 0 aromatic rings. The highest BCUT2D eigenvalue weighted by Gasteiger charge is 1.66. The van der Waals surface area contributed by atoms with Crippen LogP contribution in [0, 0.1) is 23.7 Å². The summed E-state index contributed by atoms with van der Waals surface area (Å²) in [4.78, 5) is 0. The van der Waals surface area contributed by atoms with Crippen LogP contribution in [0.5, 0.6) is 0 Å². The van der Waals surface area contributed by atoms with E-state index >= 15 is 0 Å². The Morgan fingerprint density at radius 3 is 2.14 bits per heavy atom. The predicted molar refractivity (Wildman–Crippen MR) is 29.3 cm³/mol. The summed E-state index contributed by atoms with van der Waals surface area (Å²) in [7, 11) is 0. The molecule has 0 unspecified atom stereocenters. The third kappa shape index (κ3) is 1.16. The molecule has 0 fully saturated rings. The molecule has 0 heterocycles. The minimum absolute atomic E-state index is 0.715. The van der Waals surface area contributed by atoms with Gasteiger partial charge in [0.15, 0.2) is 0 Å². The SMILES string of the molecule is C1#CCC#CC=C1. The zero-order chi connectivity index (χ0) is 4.95. The molecule has 0 heteroatoms. The standard InChI is InChI=1S/C7H4/c1-2-4-6-7-5-3-1/h1-2H,7H2. The van der Waals surface area contributed by atoms with Gasteiger partial charge in [0.25, 0.3) is 0 Å². The highest BCUT2D eigenvalue weighted by atomic mass is 13.7. The molecule has 7 heavy (non-hydrogen) atoms. The van der Waals surface area contributed by atoms with E-state index in [-0.39, 0.29) is 0 Å². The van der Waals surface area contributed by atoms with Gasteiger partial charge in [0.1, 0.15) is 0 Å². The van der Waals surface area contributed by atoms with E-state index in [1.54, 1.807) is 12.2 Å². The minimum Gasteiger partial charge on any atom is -0.0854 e. The van der Waals surface area contributed by atoms with Crippen molar-refractivity contribution in [3.05, 3.63) is 12.2 Å². The lowest BCUT2D eigenvalue weighted by molar-refractivity contribution is 1.57. The van der Waals surface area contributed by atoms with Gasteiger partial charge < -0.3 is 0 Å². The summed E-state index contributed by atoms with van der Waals surface area (Å²) in [5, 5.41) is 0. The van der Waals surface area contributed by atoms with Crippen LogP contribution in [0.3, 0.4) is 0 Å². The molecular weight excluding hydrogens is 84.1 g/mol. The summed E-state index contributed by atoms with van der Waals surface area (Å²) in [5.41, 5.74) is 0. The molecule has 0 N–H and O–H groups in total. The normalized spacial score (nSPS) is 12.6. The van der Waals surface area contributed by atoms with Gasteiger partial charge in [-0.3, -0.25) is 0 Å². The van der Waals surface area contributed by atoms with Gasteiger partial charge in [-0.2, -0.15) is 0 Å². The summed E-state index contributed by atoms with van der Waals surface area (Å²) in [6.07, 6.45) is 4.24. The van der Waals surface area contributed by atoms with Crippen molar-refractivity contribution in [3.8, 4) is 23.7 Å². The van der Waals surface area contributed by atoms with Crippen molar-refractivity contribution in [2.45, 2.75) is 6.42 Å². The Bertz CT molecular complexity index is 166. The van der Waals surface area contributed by atoms with E-state index in [1.165, 1.54) is 0 Å². The van der Waals surface area contributed by atoms with Crippen LogP contribution >= 0.6 is 0 Å². The lowest BCUT2D eigenvalue weighted by atomic mass is 10.4. The molecule has 0 amide bonds. The molecule has 0 spiro atoms. The van der Waals surface area contributed by atoms with Gasteiger partial charge in [0, 0.05) is 0 Å². The Morgan fingerprint density at radius 2 is 1.57 bits per heavy atom. The van der Waals surface area contributed by atoms with E-state index < -0.39 is 0 Å². The van der Waals surface area contributed by atoms with Gasteiger partial charge in [0.2, 0.25) is 0 Å². The Hall–Kier alpha value is -1.14. The Morgan fingerprint density at radius 1 is 1.00 bits per heavy atom. The van der Waals surface area contributed by atoms with Gasteiger partial charge >= 0.3 is 0 Å². The highest BCUT2D eigenvalue weighted by Crippen LogP contribution is 1.76. The summed E-state index contributed by atoms with van der Waals surface area (Å²) in [6, 6.07) is 0. The van der Waals surface area contributed by atoms with Gasteiger partial charge in [0.05, 0.1) is 6.42 Å². The van der Waals surface area contributed by atoms with Gasteiger partial charge in [-0.05, 0) is 12.2 Å². The minimum atomic E-state index is 0.715. The molecule has 0 saturated heterocycles. The monoisotopic (exact) mass is 88.0 g/mol. The third-order valence-corrected chi connectivity index (χ3v) is 0.631. The molecule has 0 aromatic carbocycles. The fourth-order valence-electron chi connectivity index (χ4n) is 0.347. The number of allylic oxidation sites excluding steroid dienone is 2. The van der Waals surface area contributed by atoms with E-state index in [4.69, 9.17) is 0 Å². The van der Waals surface area contributed by atoms with Crippen LogP contribution in [-0.2, 0) is 0 Å². The molecule has 0 nitrogen and oxygen atoms in total. The van der Waals surface area contributed by atoms with Crippen LogP contribution in [0.15, 0.2) is 12.2 Å². The molecule has 0 bridgehead atoms. The first kappa shape index (κ1) is 4.03. The summed E-state index contributed by atoms with van der Waals surface area (Å²) >= 11 is 0. The maximum atomic E-state index is 2.84. The molecule has 32 valence electrons. The quantitative estimate of drug-likeness (QED) is 0.387. The van der Waals surface area contributed by atoms with Crippen molar-refractivity contribution in [3.63, 3.8) is 0 Å². The van der Waals surface area contributed by atoms with Crippen LogP contribution in [0.2, 0.25) is 0 Å². The first-order chi connectivity index (χ1) is 3.50. The van der Waals surface area contributed by atoms with E-state index in [0.717, 1.165) is 0 Å². The van der Waals surface area contributed by atoms with Crippen molar-refractivity contribution in [1.29, 1.82) is 0 Å². The van der Waals surface area contributed by atoms with Gasteiger partial charge in [-0.1, -0.05) is 23.7 Å². The third-order valence-electron chi connectivity index (χ3n) is 0.631. The number of rotatable bonds is 0. The molecule has 1 aliphatic rings. The average Bonchev–Trinajstić information content (AvgIpc) is 1.90. The topological polar surface area (TPSA) is 0 Å². The van der Waals surface area contributed by atoms with Crippen LogP contribution < -0.4 is 0 Å². The smallest absolute Gasteiger partial charge is 0.0709 e. The van der Waals surface area contributed by atoms with E-state index in [9.17, 15) is 0 Å². The van der Waals surface area contributed by atoms with Crippen LogP contribution in [0.25, 0.3) is 0 Å². The fraction of sp³-hybridized carbons (Fsp3) is 0.143. The highest BCUT2D eigenvalue weighted by molar-refractivity contribution is 5.30. The summed E-state index contributed by atoms with van der Waals surface area (Å²) in [5.74, 6) is 11.3. The second-order valence-electron chi connectivity index (χ2n) is 1.15. The number of hydrogen-bond donors (Lipinski definition) is 0. The summed E-state index contributed by atoms with van der Waals surface area (Å²) < 4.78 is 0.